The first-order chi connectivity index (χ1) is 2.94. The van der Waals surface area contributed by atoms with Crippen molar-refractivity contribution in [3.8, 4) is 0 Å². The van der Waals surface area contributed by atoms with Crippen molar-refractivity contribution in [3.05, 3.63) is 0 Å². The molecule has 0 N–H and O–H groups in total. The molecule has 0 unspecified atom stereocenters. The minimum atomic E-state index is -2.49. The molecule has 2 nitrogen and oxygen atoms in total. The van der Waals surface area contributed by atoms with Crippen molar-refractivity contribution in [3.63, 3.8) is 0 Å². The Morgan fingerprint density at radius 1 is 1.38 bits per heavy atom. The Balaban J connectivity index is 0. The van der Waals surface area contributed by atoms with Gasteiger partial charge in [0.1, 0.15) is 0 Å². The summed E-state index contributed by atoms with van der Waals surface area (Å²) < 4.78 is 11.8. The largest absolute Gasteiger partial charge is 1.00 e. The third kappa shape index (κ3) is 5.84. The molecule has 0 radical (unpaired) electrons. The molecule has 0 fully saturated rings. The average molecular weight is 179 g/mol. The number of hydrogen-bond donors (Lipinski definition) is 0. The van der Waals surface area contributed by atoms with Gasteiger partial charge >= 0.3 is 29.6 Å². The molecule has 8 heavy (non-hydrogen) atoms. The first kappa shape index (κ1) is 12.4. The summed E-state index contributed by atoms with van der Waals surface area (Å²) >= 11 is 8.75. The van der Waals surface area contributed by atoms with Gasteiger partial charge < -0.3 is 4.55 Å². The Kier molecular flexibility index (Phi) is 6.99. The predicted octanol–water partition coefficient (Wildman–Crippen LogP) is -3.32. The van der Waals surface area contributed by atoms with Crippen LogP contribution < -0.4 is 29.6 Å². The standard InChI is InChI=1S/C2H7NOS3.Na/c1-3(2)7(4,5)6;/h1-2H3,(H,4,5,6);/q;+1/p-1. The van der Waals surface area contributed by atoms with Gasteiger partial charge in [0.05, 0.1) is 0 Å². The van der Waals surface area contributed by atoms with Gasteiger partial charge in [-0.2, -0.15) is 0 Å². The van der Waals surface area contributed by atoms with Crippen LogP contribution in [0.4, 0.5) is 0 Å². The van der Waals surface area contributed by atoms with Crippen molar-refractivity contribution in [1.82, 2.24) is 4.31 Å². The zero-order valence-corrected chi connectivity index (χ0v) is 9.53. The normalized spacial score (nSPS) is 11.0. The SMILES string of the molecule is CN(C)S([O-])(=S)=S.[Na+]. The topological polar surface area (TPSA) is 26.3 Å². The molecular formula is C2H6NNaOS3. The molecule has 0 aliphatic heterocycles. The second-order valence-corrected chi connectivity index (χ2v) is 6.17. The molecule has 0 rings (SSSR count). The van der Waals surface area contributed by atoms with E-state index in [2.05, 4.69) is 22.4 Å². The van der Waals surface area contributed by atoms with E-state index in [0.717, 1.165) is 0 Å². The van der Waals surface area contributed by atoms with Gasteiger partial charge in [0.2, 0.25) is 0 Å². The summed E-state index contributed by atoms with van der Waals surface area (Å²) in [7, 11) is 0.708. The first-order valence-electron chi connectivity index (χ1n) is 1.58. The maximum atomic E-state index is 10.4. The summed E-state index contributed by atoms with van der Waals surface area (Å²) in [5.74, 6) is 0. The van der Waals surface area contributed by atoms with Crippen LogP contribution >= 0.6 is 0 Å². The van der Waals surface area contributed by atoms with Crippen molar-refractivity contribution in [2.24, 2.45) is 0 Å². The average Bonchev–Trinajstić information content (AvgIpc) is 1.31. The Morgan fingerprint density at radius 3 is 1.50 bits per heavy atom. The monoisotopic (exact) mass is 179 g/mol. The number of rotatable bonds is 1. The third-order valence-electron chi connectivity index (χ3n) is 0.447. The first-order valence-corrected chi connectivity index (χ1v) is 4.94. The van der Waals surface area contributed by atoms with Crippen LogP contribution in [0.3, 0.4) is 0 Å². The fraction of sp³-hybridized carbons (Fsp3) is 1.00. The van der Waals surface area contributed by atoms with Crippen LogP contribution in [0.5, 0.6) is 0 Å². The van der Waals surface area contributed by atoms with Gasteiger partial charge in [0.25, 0.3) is 0 Å². The molecule has 6 heteroatoms. The fourth-order valence-corrected chi connectivity index (χ4v) is 0. The van der Waals surface area contributed by atoms with Crippen LogP contribution in [-0.2, 0) is 30.0 Å². The molecule has 0 spiro atoms. The van der Waals surface area contributed by atoms with Crippen molar-refractivity contribution < 1.29 is 34.1 Å². The van der Waals surface area contributed by atoms with Crippen LogP contribution in [0, 0.1) is 0 Å². The van der Waals surface area contributed by atoms with Crippen molar-refractivity contribution >= 4 is 30.0 Å². The third-order valence-corrected chi connectivity index (χ3v) is 3.13. The van der Waals surface area contributed by atoms with Crippen molar-refractivity contribution in [1.29, 1.82) is 0 Å². The van der Waals surface area contributed by atoms with Crippen LogP contribution in [0.1, 0.15) is 0 Å². The summed E-state index contributed by atoms with van der Waals surface area (Å²) in [6.07, 6.45) is 0. The molecule has 0 saturated heterocycles. The summed E-state index contributed by atoms with van der Waals surface area (Å²) in [6.45, 7) is 0. The summed E-state index contributed by atoms with van der Waals surface area (Å²) in [6, 6.07) is 0. The van der Waals surface area contributed by atoms with E-state index in [4.69, 9.17) is 0 Å². The quantitative estimate of drug-likeness (QED) is 0.393. The van der Waals surface area contributed by atoms with Crippen molar-refractivity contribution in [2.75, 3.05) is 14.1 Å². The van der Waals surface area contributed by atoms with E-state index in [1.54, 1.807) is 14.1 Å². The zero-order valence-electron chi connectivity index (χ0n) is 5.08. The van der Waals surface area contributed by atoms with E-state index in [1.807, 2.05) is 0 Å². The van der Waals surface area contributed by atoms with E-state index >= 15 is 0 Å². The van der Waals surface area contributed by atoms with Gasteiger partial charge in [-0.1, -0.05) is 0 Å². The molecule has 0 heterocycles. The molecule has 0 amide bonds. The second-order valence-electron chi connectivity index (χ2n) is 1.24. The van der Waals surface area contributed by atoms with Crippen LogP contribution in [0.25, 0.3) is 0 Å². The minimum Gasteiger partial charge on any atom is -0.779 e. The van der Waals surface area contributed by atoms with Gasteiger partial charge in [0.15, 0.2) is 0 Å². The maximum absolute atomic E-state index is 10.4. The van der Waals surface area contributed by atoms with Crippen LogP contribution in [0.15, 0.2) is 0 Å². The Bertz CT molecular complexity index is 139. The summed E-state index contributed by atoms with van der Waals surface area (Å²) in [5.41, 5.74) is 0. The zero-order chi connectivity index (χ0) is 6.08. The molecule has 0 saturated carbocycles. The maximum Gasteiger partial charge on any atom is 1.00 e. The fourth-order valence-electron chi connectivity index (χ4n) is 0. The number of hydrogen-bond acceptors (Lipinski definition) is 3. The van der Waals surface area contributed by atoms with Gasteiger partial charge in [-0.25, -0.2) is 0 Å². The smallest absolute Gasteiger partial charge is 0.779 e. The second kappa shape index (κ2) is 4.51. The predicted molar refractivity (Wildman–Crippen MR) is 36.6 cm³/mol. The molecule has 0 aromatic heterocycles. The van der Waals surface area contributed by atoms with E-state index in [1.165, 1.54) is 4.31 Å². The van der Waals surface area contributed by atoms with Gasteiger partial charge in [-0.3, -0.25) is 4.31 Å². The molecule has 0 atom stereocenters. The van der Waals surface area contributed by atoms with E-state index in [-0.39, 0.29) is 29.6 Å². The molecule has 0 aromatic rings. The molecule has 0 aliphatic rings. The van der Waals surface area contributed by atoms with Crippen molar-refractivity contribution in [2.45, 2.75) is 0 Å². The van der Waals surface area contributed by atoms with Gasteiger partial charge in [-0.05, 0) is 36.5 Å². The molecule has 44 valence electrons. The molecular weight excluding hydrogens is 173 g/mol. The number of nitrogens with zero attached hydrogens (tertiary/aromatic N) is 1. The Hall–Kier alpha value is 1.71. The Labute approximate surface area is 81.7 Å². The van der Waals surface area contributed by atoms with Crippen LogP contribution in [0.2, 0.25) is 0 Å². The van der Waals surface area contributed by atoms with E-state index in [0.29, 0.717) is 0 Å². The summed E-state index contributed by atoms with van der Waals surface area (Å²) in [5, 5.41) is 0. The molecule has 0 aliphatic carbocycles. The van der Waals surface area contributed by atoms with Crippen LogP contribution in [-0.4, -0.2) is 23.0 Å². The van der Waals surface area contributed by atoms with E-state index < -0.39 is 7.61 Å². The minimum absolute atomic E-state index is 0. The Morgan fingerprint density at radius 2 is 1.50 bits per heavy atom. The van der Waals surface area contributed by atoms with Gasteiger partial charge in [0, 0.05) is 0 Å². The van der Waals surface area contributed by atoms with Gasteiger partial charge in [-0.15, -0.1) is 7.61 Å². The molecule has 0 aromatic carbocycles. The summed E-state index contributed by atoms with van der Waals surface area (Å²) in [4.78, 5) is 0. The van der Waals surface area contributed by atoms with E-state index in [9.17, 15) is 4.55 Å². The molecule has 0 bridgehead atoms.